The Bertz CT molecular complexity index is 3510. The number of hydrogen-bond acceptors (Lipinski definition) is 24. The summed E-state index contributed by atoms with van der Waals surface area (Å²) in [4.78, 5) is 198. The van der Waals surface area contributed by atoms with Gasteiger partial charge in [-0.2, -0.15) is 0 Å². The Morgan fingerprint density at radius 3 is 0.731 bits per heavy atom. The van der Waals surface area contributed by atoms with Crippen molar-refractivity contribution < 1.29 is 77.0 Å². The molecule has 0 heterocycles. The fraction of sp³-hybridized carbons (Fsp3) is 0.453. The smallest absolute Gasteiger partial charge is 0.245 e. The van der Waals surface area contributed by atoms with Gasteiger partial charge < -0.3 is 174 Å². The normalized spacial score (nSPS) is 12.8. The lowest BCUT2D eigenvalue weighted by molar-refractivity contribution is -0.134. The lowest BCUT2D eigenvalue weighted by Gasteiger charge is -2.25. The summed E-state index contributed by atoms with van der Waals surface area (Å²) in [6.07, 6.45) is -0.0352. The Morgan fingerprint density at radius 2 is 0.491 bits per heavy atom. The van der Waals surface area contributed by atoms with E-state index in [1.165, 1.54) is 24.3 Å². The molecule has 0 bridgehead atoms. The molecule has 1 aromatic carbocycles. The van der Waals surface area contributed by atoms with Crippen LogP contribution in [0, 0.1) is 43.3 Å². The number of carbonyl (C=O) groups is 15. The first-order valence-electron chi connectivity index (χ1n) is 31.3. The third kappa shape index (κ3) is 40.0. The Morgan fingerprint density at radius 1 is 0.278 bits per heavy atom. The molecule has 1 aromatic rings. The standard InChI is InChI=1S/C53H93N39O16/c1-20(93)84-23(6-21-2-4-22(94)5-3-21)38(101)72-15-32(95)71-16-33(96)85-29(12-81-51(65)66)43(106)90-25(8-77-47(57)58)39(102)74-18-35(98)87-31(14-83-53(69)70)45(108)92-27(10-79-49(61)62)41(104)75-19-36(99)88-30(13-82-52(67)68)44(107)91-26(9-78-48(59)60)40(103)73-17-34(97)86-28(11-80-50(63)64)42(105)89-24(37(54)100)7-76-46(55)56/h2-5,23-31,94H,6-19H2,1H3,(H2,54,100)(H,71,95)(H,72,101)(H,73,103)(H,74,102)(H,75,104)(H,84,93)(H,85,96)(H,86,97)(H,87,98)(H,88,99)(H,89,105)(H,90,106)(H,91,107)(H,92,108)(H4,55,56,76)(H4,57,58,77)(H4,59,60,78)(H4,61,62,79)(H4,63,64,80)(H4,65,66,81)(H4,67,68,82)(H4,69,70,83)/t23-,24-,25-,26-,27-,28-,29-,30-,31-/m0/s1. The summed E-state index contributed by atoms with van der Waals surface area (Å²) < 4.78 is 0. The van der Waals surface area contributed by atoms with Crippen LogP contribution in [0.25, 0.3) is 0 Å². The van der Waals surface area contributed by atoms with Gasteiger partial charge in [0.05, 0.1) is 32.7 Å². The molecule has 0 aromatic heterocycles. The average Bonchev–Trinajstić information content (AvgIpc) is 0.885. The predicted octanol–water partition coefficient (Wildman–Crippen LogP) is -20.8. The number of benzene rings is 1. The number of aromatic hydroxyl groups is 1. The number of hydrogen-bond donors (Lipinski definition) is 40. The van der Waals surface area contributed by atoms with Gasteiger partial charge in [-0.1, -0.05) is 12.1 Å². The summed E-state index contributed by atoms with van der Waals surface area (Å²) >= 11 is 0. The van der Waals surface area contributed by atoms with Gasteiger partial charge in [0.25, 0.3) is 0 Å². The van der Waals surface area contributed by atoms with E-state index in [2.05, 4.69) is 117 Å². The Hall–Kier alpha value is -14.8. The van der Waals surface area contributed by atoms with Crippen molar-refractivity contribution in [3.05, 3.63) is 29.8 Å². The summed E-state index contributed by atoms with van der Waals surface area (Å²) in [6.45, 7) is -8.50. The molecule has 0 aliphatic carbocycles. The zero-order chi connectivity index (χ0) is 81.9. The second-order valence-electron chi connectivity index (χ2n) is 22.3. The molecule has 596 valence electrons. The minimum Gasteiger partial charge on any atom is -0.508 e. The molecule has 0 aliphatic heterocycles. The second-order valence-corrected chi connectivity index (χ2v) is 22.3. The summed E-state index contributed by atoms with van der Waals surface area (Å²) in [7, 11) is 0. The van der Waals surface area contributed by atoms with Gasteiger partial charge in [0.2, 0.25) is 88.6 Å². The highest BCUT2D eigenvalue weighted by Gasteiger charge is 2.33. The largest absolute Gasteiger partial charge is 0.508 e. The minimum absolute atomic E-state index is 0.0352. The van der Waals surface area contributed by atoms with E-state index in [1.54, 1.807) is 0 Å². The first-order valence-corrected chi connectivity index (χ1v) is 31.3. The van der Waals surface area contributed by atoms with Crippen molar-refractivity contribution in [1.29, 1.82) is 43.3 Å². The van der Waals surface area contributed by atoms with Gasteiger partial charge in [0, 0.05) is 65.7 Å². The molecule has 0 unspecified atom stereocenters. The number of amides is 15. The average molecular weight is 1530 g/mol. The highest BCUT2D eigenvalue weighted by atomic mass is 16.3. The Kier molecular flexibility index (Phi) is 40.1. The number of phenolic OH excluding ortho intramolecular Hbond substituents is 1. The van der Waals surface area contributed by atoms with E-state index in [9.17, 15) is 77.0 Å². The monoisotopic (exact) mass is 1530 g/mol. The maximum absolute atomic E-state index is 13.9. The quantitative estimate of drug-likeness (QED) is 0.0213. The molecule has 49 N–H and O–H groups in total. The molecular formula is C53H93N39O16. The number of carbonyl (C=O) groups excluding carboxylic acids is 15. The van der Waals surface area contributed by atoms with E-state index in [0.717, 1.165) is 6.92 Å². The molecule has 0 saturated heterocycles. The van der Waals surface area contributed by atoms with E-state index in [-0.39, 0.29) is 12.2 Å². The number of nitrogens with one attached hydrogen (secondary N) is 30. The van der Waals surface area contributed by atoms with Crippen molar-refractivity contribution >= 4 is 136 Å². The van der Waals surface area contributed by atoms with Crippen LogP contribution in [-0.4, -0.2) is 281 Å². The van der Waals surface area contributed by atoms with Gasteiger partial charge in [0.15, 0.2) is 47.7 Å². The van der Waals surface area contributed by atoms with E-state index in [1.807, 2.05) is 0 Å². The number of guanidine groups is 8. The molecule has 15 amide bonds. The van der Waals surface area contributed by atoms with Crippen LogP contribution in [0.1, 0.15) is 12.5 Å². The zero-order valence-electron chi connectivity index (χ0n) is 57.7. The molecule has 0 aliphatic rings. The molecule has 108 heavy (non-hydrogen) atoms. The molecule has 0 saturated carbocycles. The lowest BCUT2D eigenvalue weighted by Crippen LogP contribution is -2.62. The molecule has 1 rings (SSSR count). The highest BCUT2D eigenvalue weighted by molar-refractivity contribution is 6.00. The second kappa shape index (κ2) is 47.4. The van der Waals surface area contributed by atoms with Crippen LogP contribution >= 0.6 is 0 Å². The van der Waals surface area contributed by atoms with Crippen LogP contribution in [0.2, 0.25) is 0 Å². The van der Waals surface area contributed by atoms with Crippen LogP contribution in [0.4, 0.5) is 0 Å². The van der Waals surface area contributed by atoms with Gasteiger partial charge in [-0.25, -0.2) is 0 Å². The van der Waals surface area contributed by atoms with E-state index in [0.29, 0.717) is 5.56 Å². The van der Waals surface area contributed by atoms with Gasteiger partial charge in [-0.05, 0) is 17.7 Å². The molecule has 9 atom stereocenters. The van der Waals surface area contributed by atoms with Gasteiger partial charge in [-0.3, -0.25) is 115 Å². The maximum Gasteiger partial charge on any atom is 0.245 e. The number of primary amides is 1. The molecule has 0 spiro atoms. The first kappa shape index (κ1) is 91.2. The predicted molar refractivity (Wildman–Crippen MR) is 378 cm³/mol. The van der Waals surface area contributed by atoms with Crippen LogP contribution < -0.4 is 169 Å². The van der Waals surface area contributed by atoms with Crippen molar-refractivity contribution in [1.82, 2.24) is 117 Å². The summed E-state index contributed by atoms with van der Waals surface area (Å²) in [6, 6.07) is -9.24. The Labute approximate surface area is 611 Å². The van der Waals surface area contributed by atoms with E-state index in [4.69, 9.17) is 94.9 Å². The third-order valence-corrected chi connectivity index (χ3v) is 13.3. The first-order chi connectivity index (χ1) is 50.5. The number of phenols is 1. The number of rotatable bonds is 46. The lowest BCUT2D eigenvalue weighted by atomic mass is 10.0. The summed E-state index contributed by atoms with van der Waals surface area (Å²) in [5.74, 6) is -21.9. The topological polar surface area (TPSA) is 966 Å². The van der Waals surface area contributed by atoms with Crippen molar-refractivity contribution in [2.45, 2.75) is 67.7 Å². The minimum atomic E-state index is -1.83. The van der Waals surface area contributed by atoms with Crippen molar-refractivity contribution in [2.75, 3.05) is 85.1 Å². The molecule has 55 heteroatoms. The SMILES string of the molecule is CC(=O)N[C@@H](Cc1ccc(O)cc1)C(=O)NCC(=O)NCC(=O)N[C@@H](CNC(=N)N)C(=O)N[C@@H](CNC(=N)N)C(=O)NCC(=O)N[C@@H](CNC(=N)N)C(=O)N[C@@H](CNC(=N)N)C(=O)NCC(=O)N[C@@H](CNC(=N)N)C(=O)N[C@@H](CNC(=N)N)C(=O)NCC(=O)N[C@@H](CNC(=N)N)C(=O)N[C@@H](CNC(=N)N)C(N)=O. The van der Waals surface area contributed by atoms with E-state index >= 15 is 0 Å². The van der Waals surface area contributed by atoms with Gasteiger partial charge >= 0.3 is 0 Å². The van der Waals surface area contributed by atoms with Crippen molar-refractivity contribution in [2.24, 2.45) is 51.6 Å². The Balaban J connectivity index is 3.27. The summed E-state index contributed by atoms with van der Waals surface area (Å²) in [5, 5.41) is 119. The van der Waals surface area contributed by atoms with Crippen LogP contribution in [-0.2, 0) is 78.3 Å². The fourth-order valence-corrected chi connectivity index (χ4v) is 8.18. The van der Waals surface area contributed by atoms with Crippen LogP contribution in [0.5, 0.6) is 5.75 Å². The van der Waals surface area contributed by atoms with Crippen molar-refractivity contribution in [3.8, 4) is 5.75 Å². The molecule has 0 radical (unpaired) electrons. The summed E-state index contributed by atoms with van der Waals surface area (Å²) in [5.41, 5.74) is 48.9. The highest BCUT2D eigenvalue weighted by Crippen LogP contribution is 2.12. The maximum atomic E-state index is 13.9. The van der Waals surface area contributed by atoms with Gasteiger partial charge in [0.1, 0.15) is 60.1 Å². The molecule has 0 fully saturated rings. The van der Waals surface area contributed by atoms with E-state index < -0.39 is 276 Å². The fourth-order valence-electron chi connectivity index (χ4n) is 8.18. The van der Waals surface area contributed by atoms with Crippen LogP contribution in [0.15, 0.2) is 24.3 Å². The van der Waals surface area contributed by atoms with Crippen LogP contribution in [0.3, 0.4) is 0 Å². The molecule has 55 nitrogen and oxygen atoms in total. The van der Waals surface area contributed by atoms with Crippen molar-refractivity contribution in [3.63, 3.8) is 0 Å². The number of nitrogens with two attached hydrogens (primary N) is 9. The van der Waals surface area contributed by atoms with Gasteiger partial charge in [-0.15, -0.1) is 0 Å². The third-order valence-electron chi connectivity index (χ3n) is 13.3. The molecular weight excluding hydrogens is 1440 g/mol. The zero-order valence-corrected chi connectivity index (χ0v) is 57.7.